The van der Waals surface area contributed by atoms with E-state index >= 15 is 0 Å². The molecule has 1 rings (SSSR count). The van der Waals surface area contributed by atoms with Gasteiger partial charge in [-0.15, -0.1) is 0 Å². The minimum Gasteiger partial charge on any atom is -0.508 e. The molecule has 0 fully saturated rings. The average Bonchev–Trinajstić information content (AvgIpc) is 2.03. The molecule has 0 aromatic heterocycles. The van der Waals surface area contributed by atoms with Gasteiger partial charge in [0.2, 0.25) is 0 Å². The SMILES string of the molecule is C[C@H](NN)c1ccc(O)cc1O. The molecule has 0 amide bonds. The molecule has 0 bridgehead atoms. The van der Waals surface area contributed by atoms with Crippen molar-refractivity contribution in [3.63, 3.8) is 0 Å². The second-order valence-corrected chi connectivity index (χ2v) is 2.63. The molecule has 0 radical (unpaired) electrons. The van der Waals surface area contributed by atoms with Crippen LogP contribution in [0.4, 0.5) is 0 Å². The summed E-state index contributed by atoms with van der Waals surface area (Å²) in [6.07, 6.45) is 0. The number of nitrogens with two attached hydrogens (primary N) is 1. The van der Waals surface area contributed by atoms with E-state index in [2.05, 4.69) is 5.43 Å². The van der Waals surface area contributed by atoms with E-state index in [1.807, 2.05) is 6.92 Å². The molecule has 12 heavy (non-hydrogen) atoms. The van der Waals surface area contributed by atoms with Crippen LogP contribution in [0, 0.1) is 0 Å². The summed E-state index contributed by atoms with van der Waals surface area (Å²) in [7, 11) is 0. The van der Waals surface area contributed by atoms with Gasteiger partial charge in [-0.2, -0.15) is 0 Å². The van der Waals surface area contributed by atoms with Crippen molar-refractivity contribution in [2.24, 2.45) is 5.84 Å². The number of hydrogen-bond donors (Lipinski definition) is 4. The zero-order chi connectivity index (χ0) is 9.14. The van der Waals surface area contributed by atoms with Gasteiger partial charge in [-0.25, -0.2) is 0 Å². The number of phenols is 2. The van der Waals surface area contributed by atoms with E-state index in [0.717, 1.165) is 0 Å². The minimum atomic E-state index is -0.134. The summed E-state index contributed by atoms with van der Waals surface area (Å²) in [6, 6.07) is 4.27. The first-order valence-electron chi connectivity index (χ1n) is 3.63. The lowest BCUT2D eigenvalue weighted by molar-refractivity contribution is 0.437. The van der Waals surface area contributed by atoms with Crippen molar-refractivity contribution in [2.45, 2.75) is 13.0 Å². The Balaban J connectivity index is 3.01. The zero-order valence-electron chi connectivity index (χ0n) is 6.78. The van der Waals surface area contributed by atoms with Crippen molar-refractivity contribution in [1.29, 1.82) is 0 Å². The van der Waals surface area contributed by atoms with Crippen LogP contribution in [0.1, 0.15) is 18.5 Å². The number of hydrogen-bond acceptors (Lipinski definition) is 4. The highest BCUT2D eigenvalue weighted by molar-refractivity contribution is 5.40. The van der Waals surface area contributed by atoms with Crippen LogP contribution in [0.25, 0.3) is 0 Å². The number of nitrogens with one attached hydrogen (secondary N) is 1. The summed E-state index contributed by atoms with van der Waals surface area (Å²) in [5.41, 5.74) is 3.16. The van der Waals surface area contributed by atoms with Gasteiger partial charge in [-0.05, 0) is 13.0 Å². The van der Waals surface area contributed by atoms with Crippen molar-refractivity contribution >= 4 is 0 Å². The van der Waals surface area contributed by atoms with Gasteiger partial charge < -0.3 is 10.2 Å². The molecule has 1 atom stereocenters. The molecule has 0 saturated carbocycles. The highest BCUT2D eigenvalue weighted by atomic mass is 16.3. The Morgan fingerprint density at radius 3 is 2.58 bits per heavy atom. The topological polar surface area (TPSA) is 78.5 Å². The summed E-state index contributed by atoms with van der Waals surface area (Å²) in [5, 5.41) is 18.3. The standard InChI is InChI=1S/C8H12N2O2/c1-5(10-9)7-3-2-6(11)4-8(7)12/h2-5,10-12H,9H2,1H3/t5-/m0/s1. The summed E-state index contributed by atoms with van der Waals surface area (Å²) in [4.78, 5) is 0. The molecule has 0 aliphatic rings. The minimum absolute atomic E-state index is 0.0421. The largest absolute Gasteiger partial charge is 0.508 e. The summed E-state index contributed by atoms with van der Waals surface area (Å²) >= 11 is 0. The molecule has 0 spiro atoms. The molecule has 0 aliphatic heterocycles. The molecule has 4 nitrogen and oxygen atoms in total. The van der Waals surface area contributed by atoms with Gasteiger partial charge in [-0.3, -0.25) is 11.3 Å². The number of hydrazine groups is 1. The lowest BCUT2D eigenvalue weighted by Crippen LogP contribution is -2.25. The van der Waals surface area contributed by atoms with Crippen LogP contribution >= 0.6 is 0 Å². The van der Waals surface area contributed by atoms with Crippen LogP contribution in [0.5, 0.6) is 11.5 Å². The number of rotatable bonds is 2. The van der Waals surface area contributed by atoms with E-state index in [-0.39, 0.29) is 17.5 Å². The Labute approximate surface area is 70.6 Å². The third-order valence-electron chi connectivity index (χ3n) is 1.73. The molecule has 0 heterocycles. The van der Waals surface area contributed by atoms with Crippen molar-refractivity contribution < 1.29 is 10.2 Å². The van der Waals surface area contributed by atoms with Crippen LogP contribution in [0.3, 0.4) is 0 Å². The Kier molecular flexibility index (Phi) is 2.52. The molecule has 5 N–H and O–H groups in total. The number of benzene rings is 1. The number of aromatic hydroxyl groups is 2. The molecule has 1 aromatic rings. The van der Waals surface area contributed by atoms with E-state index < -0.39 is 0 Å². The molecule has 0 unspecified atom stereocenters. The van der Waals surface area contributed by atoms with Gasteiger partial charge >= 0.3 is 0 Å². The van der Waals surface area contributed by atoms with Crippen LogP contribution in [0.15, 0.2) is 18.2 Å². The van der Waals surface area contributed by atoms with Gasteiger partial charge in [0.1, 0.15) is 11.5 Å². The zero-order valence-corrected chi connectivity index (χ0v) is 6.78. The molecule has 0 aliphatic carbocycles. The second-order valence-electron chi connectivity index (χ2n) is 2.63. The van der Waals surface area contributed by atoms with E-state index in [0.29, 0.717) is 5.56 Å². The predicted octanol–water partition coefficient (Wildman–Crippen LogP) is 0.622. The fraction of sp³-hybridized carbons (Fsp3) is 0.250. The highest BCUT2D eigenvalue weighted by Gasteiger charge is 2.08. The first kappa shape index (κ1) is 8.83. The average molecular weight is 168 g/mol. The van der Waals surface area contributed by atoms with Crippen molar-refractivity contribution in [3.8, 4) is 11.5 Å². The lowest BCUT2D eigenvalue weighted by Gasteiger charge is -2.11. The highest BCUT2D eigenvalue weighted by Crippen LogP contribution is 2.26. The molecular formula is C8H12N2O2. The summed E-state index contributed by atoms with van der Waals surface area (Å²) in [6.45, 7) is 1.81. The number of phenolic OH excluding ortho intramolecular Hbond substituents is 2. The van der Waals surface area contributed by atoms with E-state index in [4.69, 9.17) is 10.9 Å². The quantitative estimate of drug-likeness (QED) is 0.385. The van der Waals surface area contributed by atoms with E-state index in [1.54, 1.807) is 6.07 Å². The summed E-state index contributed by atoms with van der Waals surface area (Å²) < 4.78 is 0. The summed E-state index contributed by atoms with van der Waals surface area (Å²) in [5.74, 6) is 5.27. The Bertz CT molecular complexity index is 276. The van der Waals surface area contributed by atoms with Crippen molar-refractivity contribution in [1.82, 2.24) is 5.43 Å². The molecular weight excluding hydrogens is 156 g/mol. The van der Waals surface area contributed by atoms with Crippen LogP contribution in [0.2, 0.25) is 0 Å². The van der Waals surface area contributed by atoms with Gasteiger partial charge in [-0.1, -0.05) is 6.07 Å². The monoisotopic (exact) mass is 168 g/mol. The van der Waals surface area contributed by atoms with Gasteiger partial charge in [0.15, 0.2) is 0 Å². The molecule has 4 heteroatoms. The maximum Gasteiger partial charge on any atom is 0.124 e. The van der Waals surface area contributed by atoms with E-state index in [1.165, 1.54) is 12.1 Å². The fourth-order valence-corrected chi connectivity index (χ4v) is 0.988. The second kappa shape index (κ2) is 3.42. The third kappa shape index (κ3) is 1.66. The van der Waals surface area contributed by atoms with Crippen molar-refractivity contribution in [2.75, 3.05) is 0 Å². The Hall–Kier alpha value is -1.26. The van der Waals surface area contributed by atoms with Gasteiger partial charge in [0.25, 0.3) is 0 Å². The van der Waals surface area contributed by atoms with Crippen molar-refractivity contribution in [3.05, 3.63) is 23.8 Å². The van der Waals surface area contributed by atoms with E-state index in [9.17, 15) is 5.11 Å². The molecule has 66 valence electrons. The maximum atomic E-state index is 9.34. The smallest absolute Gasteiger partial charge is 0.124 e. The molecule has 1 aromatic carbocycles. The van der Waals surface area contributed by atoms with Gasteiger partial charge in [0, 0.05) is 17.7 Å². The maximum absolute atomic E-state index is 9.34. The Morgan fingerprint density at radius 2 is 2.08 bits per heavy atom. The first-order chi connectivity index (χ1) is 5.65. The van der Waals surface area contributed by atoms with Gasteiger partial charge in [0.05, 0.1) is 0 Å². The molecule has 0 saturated heterocycles. The van der Waals surface area contributed by atoms with Crippen LogP contribution < -0.4 is 11.3 Å². The first-order valence-corrected chi connectivity index (χ1v) is 3.63. The third-order valence-corrected chi connectivity index (χ3v) is 1.73. The lowest BCUT2D eigenvalue weighted by atomic mass is 10.1. The fourth-order valence-electron chi connectivity index (χ4n) is 0.988. The Morgan fingerprint density at radius 1 is 1.42 bits per heavy atom. The van der Waals surface area contributed by atoms with Crippen LogP contribution in [-0.4, -0.2) is 10.2 Å². The van der Waals surface area contributed by atoms with Crippen LogP contribution in [-0.2, 0) is 0 Å². The predicted molar refractivity (Wildman–Crippen MR) is 45.5 cm³/mol. The normalized spacial score (nSPS) is 12.8.